The minimum atomic E-state index is -3.93. The van der Waals surface area contributed by atoms with Crippen LogP contribution in [0.3, 0.4) is 0 Å². The summed E-state index contributed by atoms with van der Waals surface area (Å²) in [5.41, 5.74) is 0.887. The fourth-order valence-electron chi connectivity index (χ4n) is 2.11. The van der Waals surface area contributed by atoms with E-state index in [4.69, 9.17) is 9.47 Å². The number of rotatable bonds is 5. The van der Waals surface area contributed by atoms with E-state index in [0.717, 1.165) is 24.3 Å². The Morgan fingerprint density at radius 2 is 1.84 bits per heavy atom. The van der Waals surface area contributed by atoms with E-state index in [1.165, 1.54) is 0 Å². The summed E-state index contributed by atoms with van der Waals surface area (Å²) in [4.78, 5) is 12.0. The first-order valence-electron chi connectivity index (χ1n) is 7.07. The molecule has 0 saturated carbocycles. The van der Waals surface area contributed by atoms with E-state index in [-0.39, 0.29) is 17.4 Å². The third-order valence-electron chi connectivity index (χ3n) is 3.48. The molecule has 0 radical (unpaired) electrons. The standard InChI is InChI=1S/C15H13N3O6S/c1-10(11-2-7-14-15(8-11)24-9-23-14)16-17-25(21,22)13-5-3-12(4-6-13)18(19)20/h2-8,17H,9H2,1H3. The molecule has 9 nitrogen and oxygen atoms in total. The van der Waals surface area contributed by atoms with E-state index < -0.39 is 14.9 Å². The third-order valence-corrected chi connectivity index (χ3v) is 4.71. The first-order valence-corrected chi connectivity index (χ1v) is 8.56. The zero-order valence-electron chi connectivity index (χ0n) is 13.0. The normalized spacial score (nSPS) is 13.6. The van der Waals surface area contributed by atoms with Gasteiger partial charge in [-0.15, -0.1) is 0 Å². The molecular formula is C15H13N3O6S. The molecule has 1 N–H and O–H groups in total. The van der Waals surface area contributed by atoms with Crippen molar-refractivity contribution < 1.29 is 22.8 Å². The van der Waals surface area contributed by atoms with Crippen molar-refractivity contribution in [3.05, 3.63) is 58.1 Å². The highest BCUT2D eigenvalue weighted by Gasteiger charge is 2.17. The number of nitrogens with one attached hydrogen (secondary N) is 1. The number of hydrogen-bond acceptors (Lipinski definition) is 7. The Morgan fingerprint density at radius 3 is 2.52 bits per heavy atom. The van der Waals surface area contributed by atoms with E-state index in [0.29, 0.717) is 22.8 Å². The first-order chi connectivity index (χ1) is 11.9. The summed E-state index contributed by atoms with van der Waals surface area (Å²) in [5, 5.41) is 14.5. The van der Waals surface area contributed by atoms with Crippen molar-refractivity contribution in [2.45, 2.75) is 11.8 Å². The van der Waals surface area contributed by atoms with Crippen LogP contribution in [0.4, 0.5) is 5.69 Å². The summed E-state index contributed by atoms with van der Waals surface area (Å²) in [6.07, 6.45) is 0. The molecule has 130 valence electrons. The van der Waals surface area contributed by atoms with Crippen molar-refractivity contribution in [3.8, 4) is 11.5 Å². The molecule has 2 aromatic rings. The number of benzene rings is 2. The summed E-state index contributed by atoms with van der Waals surface area (Å²) in [6, 6.07) is 9.65. The van der Waals surface area contributed by atoms with Gasteiger partial charge in [-0.1, -0.05) is 0 Å². The monoisotopic (exact) mass is 363 g/mol. The van der Waals surface area contributed by atoms with Crippen LogP contribution < -0.4 is 14.3 Å². The molecule has 1 aliphatic rings. The summed E-state index contributed by atoms with van der Waals surface area (Å²) >= 11 is 0. The van der Waals surface area contributed by atoms with Crippen molar-refractivity contribution >= 4 is 21.4 Å². The van der Waals surface area contributed by atoms with Crippen LogP contribution in [0.25, 0.3) is 0 Å². The average Bonchev–Trinajstić information content (AvgIpc) is 3.07. The van der Waals surface area contributed by atoms with Gasteiger partial charge < -0.3 is 9.47 Å². The Kier molecular flexibility index (Phi) is 4.28. The topological polar surface area (TPSA) is 120 Å². The molecule has 0 bridgehead atoms. The third kappa shape index (κ3) is 3.53. The van der Waals surface area contributed by atoms with E-state index in [9.17, 15) is 18.5 Å². The molecule has 0 saturated heterocycles. The summed E-state index contributed by atoms with van der Waals surface area (Å²) in [6.45, 7) is 1.78. The molecule has 0 aliphatic carbocycles. The van der Waals surface area contributed by atoms with Gasteiger partial charge in [0.05, 0.1) is 15.5 Å². The van der Waals surface area contributed by atoms with Gasteiger partial charge in [0.2, 0.25) is 6.79 Å². The van der Waals surface area contributed by atoms with Gasteiger partial charge in [-0.3, -0.25) is 10.1 Å². The maximum Gasteiger partial charge on any atom is 0.276 e. The van der Waals surface area contributed by atoms with Gasteiger partial charge in [0, 0.05) is 17.7 Å². The number of sulfonamides is 1. The molecule has 1 aliphatic heterocycles. The van der Waals surface area contributed by atoms with Crippen molar-refractivity contribution in [2.24, 2.45) is 5.10 Å². The van der Waals surface area contributed by atoms with Crippen LogP contribution in [0.15, 0.2) is 52.5 Å². The lowest BCUT2D eigenvalue weighted by Gasteiger charge is -2.06. The molecule has 25 heavy (non-hydrogen) atoms. The van der Waals surface area contributed by atoms with Crippen molar-refractivity contribution in [1.82, 2.24) is 4.83 Å². The molecule has 0 fully saturated rings. The SMILES string of the molecule is CC(=NNS(=O)(=O)c1ccc([N+](=O)[O-])cc1)c1ccc2c(c1)OCO2. The van der Waals surface area contributed by atoms with Crippen LogP contribution in [-0.4, -0.2) is 25.8 Å². The number of non-ortho nitro benzene ring substituents is 1. The first kappa shape index (κ1) is 16.7. The second-order valence-corrected chi connectivity index (χ2v) is 6.77. The molecule has 0 spiro atoms. The average molecular weight is 363 g/mol. The second kappa shape index (κ2) is 6.40. The lowest BCUT2D eigenvalue weighted by Crippen LogP contribution is -2.20. The Hall–Kier alpha value is -3.14. The summed E-state index contributed by atoms with van der Waals surface area (Å²) < 4.78 is 34.9. The number of hydrazone groups is 1. The number of nitro groups is 1. The van der Waals surface area contributed by atoms with Gasteiger partial charge in [0.25, 0.3) is 15.7 Å². The smallest absolute Gasteiger partial charge is 0.276 e. The predicted octanol–water partition coefficient (Wildman–Crippen LogP) is 2.03. The maximum atomic E-state index is 12.2. The number of ether oxygens (including phenoxy) is 2. The zero-order chi connectivity index (χ0) is 18.0. The predicted molar refractivity (Wildman–Crippen MR) is 88.2 cm³/mol. The van der Waals surface area contributed by atoms with Gasteiger partial charge in [-0.2, -0.15) is 18.4 Å². The van der Waals surface area contributed by atoms with E-state index in [1.54, 1.807) is 25.1 Å². The highest BCUT2D eigenvalue weighted by atomic mass is 32.2. The minimum absolute atomic E-state index is 0.125. The van der Waals surface area contributed by atoms with E-state index >= 15 is 0 Å². The van der Waals surface area contributed by atoms with E-state index in [2.05, 4.69) is 9.93 Å². The van der Waals surface area contributed by atoms with Crippen LogP contribution >= 0.6 is 0 Å². The molecule has 3 rings (SSSR count). The molecule has 0 unspecified atom stereocenters. The van der Waals surface area contributed by atoms with Crippen molar-refractivity contribution in [2.75, 3.05) is 6.79 Å². The fraction of sp³-hybridized carbons (Fsp3) is 0.133. The number of hydrogen-bond donors (Lipinski definition) is 1. The maximum absolute atomic E-state index is 12.2. The molecular weight excluding hydrogens is 350 g/mol. The second-order valence-electron chi connectivity index (χ2n) is 5.11. The van der Waals surface area contributed by atoms with Crippen molar-refractivity contribution in [1.29, 1.82) is 0 Å². The van der Waals surface area contributed by atoms with Gasteiger partial charge in [0.15, 0.2) is 11.5 Å². The number of nitro benzene ring substituents is 1. The lowest BCUT2D eigenvalue weighted by molar-refractivity contribution is -0.384. The minimum Gasteiger partial charge on any atom is -0.454 e. The van der Waals surface area contributed by atoms with Crippen LogP contribution in [0.1, 0.15) is 12.5 Å². The summed E-state index contributed by atoms with van der Waals surface area (Å²) in [7, 11) is -3.93. The lowest BCUT2D eigenvalue weighted by atomic mass is 10.1. The quantitative estimate of drug-likeness (QED) is 0.493. The molecule has 0 amide bonds. The Balaban J connectivity index is 1.78. The van der Waals surface area contributed by atoms with Gasteiger partial charge >= 0.3 is 0 Å². The van der Waals surface area contributed by atoms with Gasteiger partial charge in [0.1, 0.15) is 0 Å². The Bertz CT molecular complexity index is 954. The van der Waals surface area contributed by atoms with Crippen molar-refractivity contribution in [3.63, 3.8) is 0 Å². The zero-order valence-corrected chi connectivity index (χ0v) is 13.8. The largest absolute Gasteiger partial charge is 0.454 e. The molecule has 0 atom stereocenters. The van der Waals surface area contributed by atoms with Gasteiger partial charge in [-0.25, -0.2) is 0 Å². The summed E-state index contributed by atoms with van der Waals surface area (Å²) in [5.74, 6) is 1.17. The fourth-order valence-corrected chi connectivity index (χ4v) is 2.97. The molecule has 10 heteroatoms. The van der Waals surface area contributed by atoms with Crippen LogP contribution in [0, 0.1) is 10.1 Å². The molecule has 2 aromatic carbocycles. The van der Waals surface area contributed by atoms with Crippen LogP contribution in [0.5, 0.6) is 11.5 Å². The van der Waals surface area contributed by atoms with Crippen LogP contribution in [-0.2, 0) is 10.0 Å². The molecule has 1 heterocycles. The number of nitrogens with zero attached hydrogens (tertiary/aromatic N) is 2. The van der Waals surface area contributed by atoms with E-state index in [1.807, 2.05) is 0 Å². The highest BCUT2D eigenvalue weighted by Crippen LogP contribution is 2.32. The highest BCUT2D eigenvalue weighted by molar-refractivity contribution is 7.89. The number of fused-ring (bicyclic) bond motifs is 1. The van der Waals surface area contributed by atoms with Crippen LogP contribution in [0.2, 0.25) is 0 Å². The Morgan fingerprint density at radius 1 is 1.16 bits per heavy atom. The van der Waals surface area contributed by atoms with Gasteiger partial charge in [-0.05, 0) is 37.3 Å². The Labute approximate surface area is 143 Å². The molecule has 0 aromatic heterocycles.